The van der Waals surface area contributed by atoms with E-state index < -0.39 is 5.91 Å². The van der Waals surface area contributed by atoms with Gasteiger partial charge in [0.25, 0.3) is 11.5 Å². The van der Waals surface area contributed by atoms with Crippen LogP contribution in [-0.2, 0) is 0 Å². The van der Waals surface area contributed by atoms with Gasteiger partial charge in [-0.1, -0.05) is 36.4 Å². The van der Waals surface area contributed by atoms with Gasteiger partial charge in [-0.2, -0.15) is 9.78 Å². The van der Waals surface area contributed by atoms with E-state index in [2.05, 4.69) is 10.4 Å². The van der Waals surface area contributed by atoms with Crippen molar-refractivity contribution < 1.29 is 9.53 Å². The number of para-hydroxylation sites is 1. The molecule has 0 aliphatic carbocycles. The molecule has 0 bridgehead atoms. The van der Waals surface area contributed by atoms with Crippen molar-refractivity contribution in [2.24, 2.45) is 0 Å². The number of rotatable bonds is 5. The molecule has 0 aliphatic heterocycles. The number of carbonyl (C=O) groups excluding carboxylic acids is 1. The number of anilines is 1. The molecule has 0 radical (unpaired) electrons. The predicted molar refractivity (Wildman–Crippen MR) is 113 cm³/mol. The number of carbonyl (C=O) groups is 1. The number of ether oxygens (including phenoxy) is 1. The van der Waals surface area contributed by atoms with Crippen molar-refractivity contribution in [1.82, 2.24) is 9.78 Å². The number of fused-ring (bicyclic) bond motifs is 1. The van der Waals surface area contributed by atoms with Gasteiger partial charge in [0.1, 0.15) is 5.75 Å². The lowest BCUT2D eigenvalue weighted by Crippen LogP contribution is -2.26. The number of hydrogen-bond acceptors (Lipinski definition) is 4. The minimum atomic E-state index is -0.393. The summed E-state index contributed by atoms with van der Waals surface area (Å²) in [6.45, 7) is 2.48. The Hall–Kier alpha value is -3.93. The molecule has 0 unspecified atom stereocenters. The lowest BCUT2D eigenvalue weighted by Gasteiger charge is -2.11. The van der Waals surface area contributed by atoms with Gasteiger partial charge in [0.05, 0.1) is 17.7 Å². The quantitative estimate of drug-likeness (QED) is 0.563. The normalized spacial score (nSPS) is 10.7. The first-order valence-electron chi connectivity index (χ1n) is 9.29. The molecule has 1 aromatic heterocycles. The van der Waals surface area contributed by atoms with Crippen molar-refractivity contribution in [3.63, 3.8) is 0 Å². The van der Waals surface area contributed by atoms with Crippen LogP contribution in [0.1, 0.15) is 17.4 Å². The van der Waals surface area contributed by atoms with Crippen LogP contribution in [0.3, 0.4) is 0 Å². The number of amides is 1. The molecule has 3 aromatic carbocycles. The van der Waals surface area contributed by atoms with E-state index in [0.29, 0.717) is 28.8 Å². The fourth-order valence-electron chi connectivity index (χ4n) is 3.09. The smallest absolute Gasteiger partial charge is 0.279 e. The Balaban J connectivity index is 1.77. The molecule has 6 nitrogen and oxygen atoms in total. The van der Waals surface area contributed by atoms with Gasteiger partial charge in [0.2, 0.25) is 0 Å². The van der Waals surface area contributed by atoms with Gasteiger partial charge in [0, 0.05) is 11.1 Å². The maximum atomic E-state index is 13.0. The lowest BCUT2D eigenvalue weighted by atomic mass is 10.1. The SMILES string of the molecule is CCOc1ccc(NC(=O)c2nn(-c3ccccc3)c(=O)c3ccccc23)cc1. The molecule has 0 saturated heterocycles. The second kappa shape index (κ2) is 7.98. The van der Waals surface area contributed by atoms with Gasteiger partial charge in [-0.25, -0.2) is 0 Å². The van der Waals surface area contributed by atoms with Crippen molar-refractivity contribution in [1.29, 1.82) is 0 Å². The summed E-state index contributed by atoms with van der Waals surface area (Å²) in [5.41, 5.74) is 1.11. The predicted octanol–water partition coefficient (Wildman–Crippen LogP) is 4.04. The summed E-state index contributed by atoms with van der Waals surface area (Å²) in [5, 5.41) is 8.17. The van der Waals surface area contributed by atoms with Crippen molar-refractivity contribution in [3.05, 3.63) is 94.9 Å². The third-order valence-electron chi connectivity index (χ3n) is 4.44. The zero-order chi connectivity index (χ0) is 20.2. The molecule has 144 valence electrons. The third-order valence-corrected chi connectivity index (χ3v) is 4.44. The van der Waals surface area contributed by atoms with Crippen LogP contribution in [0, 0.1) is 0 Å². The van der Waals surface area contributed by atoms with E-state index in [4.69, 9.17) is 4.74 Å². The molecule has 0 spiro atoms. The van der Waals surface area contributed by atoms with Crippen LogP contribution in [0.15, 0.2) is 83.7 Å². The Labute approximate surface area is 167 Å². The molecule has 1 heterocycles. The van der Waals surface area contributed by atoms with Gasteiger partial charge in [-0.3, -0.25) is 9.59 Å². The van der Waals surface area contributed by atoms with Crippen molar-refractivity contribution in [3.8, 4) is 11.4 Å². The van der Waals surface area contributed by atoms with E-state index in [1.54, 1.807) is 60.7 Å². The van der Waals surface area contributed by atoms with Gasteiger partial charge < -0.3 is 10.1 Å². The van der Waals surface area contributed by atoms with Crippen molar-refractivity contribution in [2.75, 3.05) is 11.9 Å². The average Bonchev–Trinajstić information content (AvgIpc) is 2.76. The Morgan fingerprint density at radius 1 is 0.931 bits per heavy atom. The third kappa shape index (κ3) is 3.73. The van der Waals surface area contributed by atoms with Gasteiger partial charge in [0.15, 0.2) is 5.69 Å². The van der Waals surface area contributed by atoms with E-state index in [0.717, 1.165) is 5.75 Å². The number of nitrogens with one attached hydrogen (secondary N) is 1. The van der Waals surface area contributed by atoms with E-state index >= 15 is 0 Å². The van der Waals surface area contributed by atoms with Crippen LogP contribution in [0.4, 0.5) is 5.69 Å². The fraction of sp³-hybridized carbons (Fsp3) is 0.0870. The average molecular weight is 385 g/mol. The van der Waals surface area contributed by atoms with Crippen LogP contribution < -0.4 is 15.6 Å². The van der Waals surface area contributed by atoms with E-state index in [1.165, 1.54) is 4.68 Å². The monoisotopic (exact) mass is 385 g/mol. The summed E-state index contributed by atoms with van der Waals surface area (Å²) >= 11 is 0. The van der Waals surface area contributed by atoms with Crippen molar-refractivity contribution >= 4 is 22.4 Å². The maximum absolute atomic E-state index is 13.0. The first kappa shape index (κ1) is 18.4. The number of nitrogens with zero attached hydrogens (tertiary/aromatic N) is 2. The van der Waals surface area contributed by atoms with Gasteiger partial charge in [-0.05, 0) is 49.4 Å². The first-order chi connectivity index (χ1) is 14.2. The second-order valence-electron chi connectivity index (χ2n) is 6.36. The molecule has 4 rings (SSSR count). The minimum Gasteiger partial charge on any atom is -0.494 e. The maximum Gasteiger partial charge on any atom is 0.279 e. The molecule has 4 aromatic rings. The Morgan fingerprint density at radius 3 is 2.28 bits per heavy atom. The Bertz CT molecular complexity index is 1220. The fourth-order valence-corrected chi connectivity index (χ4v) is 3.09. The molecular formula is C23H19N3O3. The largest absolute Gasteiger partial charge is 0.494 e. The highest BCUT2D eigenvalue weighted by Gasteiger charge is 2.17. The summed E-state index contributed by atoms with van der Waals surface area (Å²) in [6, 6.07) is 23.1. The van der Waals surface area contributed by atoms with Crippen LogP contribution >= 0.6 is 0 Å². The van der Waals surface area contributed by atoms with E-state index in [1.807, 2.05) is 25.1 Å². The molecule has 29 heavy (non-hydrogen) atoms. The molecular weight excluding hydrogens is 366 g/mol. The molecule has 0 aliphatic rings. The van der Waals surface area contributed by atoms with E-state index in [-0.39, 0.29) is 11.3 Å². The topological polar surface area (TPSA) is 73.2 Å². The van der Waals surface area contributed by atoms with Gasteiger partial charge in [-0.15, -0.1) is 0 Å². The molecule has 1 amide bonds. The summed E-state index contributed by atoms with van der Waals surface area (Å²) in [7, 11) is 0. The summed E-state index contributed by atoms with van der Waals surface area (Å²) < 4.78 is 6.68. The zero-order valence-corrected chi connectivity index (χ0v) is 15.8. The van der Waals surface area contributed by atoms with Crippen LogP contribution in [0.25, 0.3) is 16.5 Å². The zero-order valence-electron chi connectivity index (χ0n) is 15.8. The summed E-state index contributed by atoms with van der Waals surface area (Å²) in [4.78, 5) is 25.9. The number of aromatic nitrogens is 2. The highest BCUT2D eigenvalue weighted by atomic mass is 16.5. The molecule has 0 atom stereocenters. The lowest BCUT2D eigenvalue weighted by molar-refractivity contribution is 0.102. The van der Waals surface area contributed by atoms with Crippen LogP contribution in [0.2, 0.25) is 0 Å². The Morgan fingerprint density at radius 2 is 1.59 bits per heavy atom. The van der Waals surface area contributed by atoms with E-state index in [9.17, 15) is 9.59 Å². The standard InChI is InChI=1S/C23H19N3O3/c1-2-29-18-14-12-16(13-15-18)24-22(27)21-19-10-6-7-11-20(19)23(28)26(25-21)17-8-4-3-5-9-17/h3-15H,2H2,1H3,(H,24,27). The summed E-state index contributed by atoms with van der Waals surface area (Å²) in [5.74, 6) is 0.335. The number of benzene rings is 3. The number of hydrogen-bond donors (Lipinski definition) is 1. The first-order valence-corrected chi connectivity index (χ1v) is 9.29. The molecule has 6 heteroatoms. The molecule has 0 fully saturated rings. The Kier molecular flexibility index (Phi) is 5.07. The minimum absolute atomic E-state index is 0.179. The van der Waals surface area contributed by atoms with Crippen molar-refractivity contribution in [2.45, 2.75) is 6.92 Å². The molecule has 0 saturated carbocycles. The van der Waals surface area contributed by atoms with Crippen LogP contribution in [0.5, 0.6) is 5.75 Å². The second-order valence-corrected chi connectivity index (χ2v) is 6.36. The van der Waals surface area contributed by atoms with Crippen LogP contribution in [-0.4, -0.2) is 22.3 Å². The molecule has 1 N–H and O–H groups in total. The summed E-state index contributed by atoms with van der Waals surface area (Å²) in [6.07, 6.45) is 0. The highest BCUT2D eigenvalue weighted by molar-refractivity contribution is 6.11. The van der Waals surface area contributed by atoms with Gasteiger partial charge >= 0.3 is 0 Å². The highest BCUT2D eigenvalue weighted by Crippen LogP contribution is 2.19.